The second-order valence-electron chi connectivity index (χ2n) is 8.78. The van der Waals surface area contributed by atoms with E-state index in [1.54, 1.807) is 0 Å². The molecule has 0 radical (unpaired) electrons. The lowest BCUT2D eigenvalue weighted by Crippen LogP contribution is -2.50. The van der Waals surface area contributed by atoms with E-state index in [-0.39, 0.29) is 6.09 Å². The van der Waals surface area contributed by atoms with E-state index in [9.17, 15) is 4.79 Å². The Bertz CT molecular complexity index is 621. The molecule has 1 aromatic rings. The highest BCUT2D eigenvalue weighted by molar-refractivity contribution is 5.68. The van der Waals surface area contributed by atoms with E-state index in [4.69, 9.17) is 4.74 Å². The van der Waals surface area contributed by atoms with Gasteiger partial charge in [0.15, 0.2) is 0 Å². The molecule has 1 heterocycles. The Morgan fingerprint density at radius 1 is 1.17 bits per heavy atom. The summed E-state index contributed by atoms with van der Waals surface area (Å²) in [5.41, 5.74) is 4.28. The van der Waals surface area contributed by atoms with Crippen molar-refractivity contribution in [3.8, 4) is 0 Å². The zero-order valence-corrected chi connectivity index (χ0v) is 15.8. The van der Waals surface area contributed by atoms with Gasteiger partial charge in [0.25, 0.3) is 0 Å². The first kappa shape index (κ1) is 17.3. The van der Waals surface area contributed by atoms with Crippen LogP contribution in [0.25, 0.3) is 0 Å². The number of likely N-dealkylation sites (tertiary alicyclic amines) is 1. The molecule has 2 fully saturated rings. The smallest absolute Gasteiger partial charge is 0.410 e. The number of amides is 1. The second-order valence-corrected chi connectivity index (χ2v) is 8.78. The van der Waals surface area contributed by atoms with Crippen molar-refractivity contribution in [2.24, 2.45) is 5.41 Å². The third-order valence-corrected chi connectivity index (χ3v) is 5.88. The van der Waals surface area contributed by atoms with Gasteiger partial charge < -0.3 is 9.64 Å². The molecule has 1 aromatic carbocycles. The number of aryl methyl sites for hydroxylation is 2. The summed E-state index contributed by atoms with van der Waals surface area (Å²) in [6, 6.07) is 6.87. The number of rotatable bonds is 1. The SMILES string of the molecule is Cc1ccc(C2CCC23CCN(C(=O)OC(C)(C)C)CC3)c(C)c1. The molecule has 0 aromatic heterocycles. The molecule has 1 saturated heterocycles. The lowest BCUT2D eigenvalue weighted by molar-refractivity contribution is -0.0167. The molecule has 2 aliphatic rings. The molecular formula is C21H31NO2. The number of piperidine rings is 1. The van der Waals surface area contributed by atoms with Crippen LogP contribution in [0.5, 0.6) is 0 Å². The van der Waals surface area contributed by atoms with Crippen LogP contribution in [0, 0.1) is 19.3 Å². The summed E-state index contributed by atoms with van der Waals surface area (Å²) in [5.74, 6) is 0.666. The van der Waals surface area contributed by atoms with E-state index < -0.39 is 5.60 Å². The van der Waals surface area contributed by atoms with Crippen molar-refractivity contribution >= 4 is 6.09 Å². The van der Waals surface area contributed by atoms with Gasteiger partial charge in [0.2, 0.25) is 0 Å². The van der Waals surface area contributed by atoms with Gasteiger partial charge in [-0.15, -0.1) is 0 Å². The van der Waals surface area contributed by atoms with Crippen LogP contribution >= 0.6 is 0 Å². The molecule has 1 amide bonds. The van der Waals surface area contributed by atoms with Gasteiger partial charge in [0.05, 0.1) is 0 Å². The molecule has 132 valence electrons. The van der Waals surface area contributed by atoms with Gasteiger partial charge in [-0.3, -0.25) is 0 Å². The van der Waals surface area contributed by atoms with E-state index in [0.29, 0.717) is 11.3 Å². The molecule has 3 nitrogen and oxygen atoms in total. The number of ether oxygens (including phenoxy) is 1. The van der Waals surface area contributed by atoms with Gasteiger partial charge >= 0.3 is 6.09 Å². The van der Waals surface area contributed by atoms with Crippen molar-refractivity contribution in [3.63, 3.8) is 0 Å². The first-order valence-electron chi connectivity index (χ1n) is 9.25. The number of hydrogen-bond acceptors (Lipinski definition) is 2. The Hall–Kier alpha value is -1.51. The third kappa shape index (κ3) is 3.31. The molecule has 1 aliphatic heterocycles. The number of benzene rings is 1. The number of carbonyl (C=O) groups is 1. The second kappa shape index (κ2) is 6.09. The van der Waals surface area contributed by atoms with Gasteiger partial charge in [-0.2, -0.15) is 0 Å². The van der Waals surface area contributed by atoms with Crippen molar-refractivity contribution in [1.82, 2.24) is 4.90 Å². The van der Waals surface area contributed by atoms with Crippen molar-refractivity contribution in [3.05, 3.63) is 34.9 Å². The van der Waals surface area contributed by atoms with E-state index >= 15 is 0 Å². The molecule has 0 bridgehead atoms. The van der Waals surface area contributed by atoms with Gasteiger partial charge in [-0.25, -0.2) is 4.79 Å². The molecule has 1 spiro atoms. The zero-order valence-electron chi connectivity index (χ0n) is 15.8. The predicted octanol–water partition coefficient (Wildman–Crippen LogP) is 5.20. The summed E-state index contributed by atoms with van der Waals surface area (Å²) in [7, 11) is 0. The van der Waals surface area contributed by atoms with Crippen LogP contribution in [0.3, 0.4) is 0 Å². The Kier molecular flexibility index (Phi) is 4.39. The summed E-state index contributed by atoms with van der Waals surface area (Å²) in [6.07, 6.45) is 4.64. The molecule has 1 aliphatic carbocycles. The largest absolute Gasteiger partial charge is 0.444 e. The van der Waals surface area contributed by atoms with Crippen LogP contribution in [0.2, 0.25) is 0 Å². The first-order chi connectivity index (χ1) is 11.2. The maximum absolute atomic E-state index is 12.3. The standard InChI is InChI=1S/C21H31NO2/c1-15-6-7-17(16(2)14-15)18-8-9-21(18)10-12-22(13-11-21)19(23)24-20(3,4)5/h6-7,14,18H,8-13H2,1-5H3. The lowest BCUT2D eigenvalue weighted by Gasteiger charge is -2.54. The highest BCUT2D eigenvalue weighted by atomic mass is 16.6. The van der Waals surface area contributed by atoms with Crippen molar-refractivity contribution < 1.29 is 9.53 Å². The van der Waals surface area contributed by atoms with Crippen molar-refractivity contribution in [2.75, 3.05) is 13.1 Å². The molecule has 3 rings (SSSR count). The number of hydrogen-bond donors (Lipinski definition) is 0. The summed E-state index contributed by atoms with van der Waals surface area (Å²) < 4.78 is 5.53. The van der Waals surface area contributed by atoms with Crippen molar-refractivity contribution in [1.29, 1.82) is 0 Å². The van der Waals surface area contributed by atoms with E-state index in [0.717, 1.165) is 25.9 Å². The highest BCUT2D eigenvalue weighted by Gasteiger charge is 2.49. The Labute approximate surface area is 146 Å². The summed E-state index contributed by atoms with van der Waals surface area (Å²) in [5, 5.41) is 0. The fourth-order valence-electron chi connectivity index (χ4n) is 4.46. The number of nitrogens with zero attached hydrogens (tertiary/aromatic N) is 1. The first-order valence-corrected chi connectivity index (χ1v) is 9.25. The van der Waals surface area contributed by atoms with E-state index in [1.165, 1.54) is 29.5 Å². The zero-order chi connectivity index (χ0) is 17.5. The fraction of sp³-hybridized carbons (Fsp3) is 0.667. The van der Waals surface area contributed by atoms with Crippen LogP contribution in [0.4, 0.5) is 4.79 Å². The van der Waals surface area contributed by atoms with E-state index in [1.807, 2.05) is 25.7 Å². The van der Waals surface area contributed by atoms with Gasteiger partial charge in [-0.1, -0.05) is 23.8 Å². The van der Waals surface area contributed by atoms with Gasteiger partial charge in [0, 0.05) is 13.1 Å². The van der Waals surface area contributed by atoms with Gasteiger partial charge in [0.1, 0.15) is 5.60 Å². The minimum Gasteiger partial charge on any atom is -0.444 e. The molecule has 3 heteroatoms. The summed E-state index contributed by atoms with van der Waals surface area (Å²) >= 11 is 0. The maximum atomic E-state index is 12.3. The van der Waals surface area contributed by atoms with Crippen LogP contribution in [0.1, 0.15) is 69.1 Å². The molecule has 0 N–H and O–H groups in total. The average Bonchev–Trinajstić information content (AvgIpc) is 2.47. The fourth-order valence-corrected chi connectivity index (χ4v) is 4.46. The van der Waals surface area contributed by atoms with Crippen LogP contribution < -0.4 is 0 Å². The minimum atomic E-state index is -0.412. The minimum absolute atomic E-state index is 0.153. The molecule has 24 heavy (non-hydrogen) atoms. The molecular weight excluding hydrogens is 298 g/mol. The van der Waals surface area contributed by atoms with Crippen LogP contribution in [-0.4, -0.2) is 29.7 Å². The normalized spacial score (nSPS) is 23.0. The monoisotopic (exact) mass is 329 g/mol. The quantitative estimate of drug-likeness (QED) is 0.709. The molecule has 1 atom stereocenters. The highest BCUT2D eigenvalue weighted by Crippen LogP contribution is 2.59. The third-order valence-electron chi connectivity index (χ3n) is 5.88. The topological polar surface area (TPSA) is 29.5 Å². The molecule has 1 saturated carbocycles. The summed E-state index contributed by atoms with van der Waals surface area (Å²) in [4.78, 5) is 14.2. The van der Waals surface area contributed by atoms with Crippen LogP contribution in [-0.2, 0) is 4.74 Å². The number of carbonyl (C=O) groups excluding carboxylic acids is 1. The Morgan fingerprint density at radius 3 is 2.33 bits per heavy atom. The van der Waals surface area contributed by atoms with Crippen molar-refractivity contribution in [2.45, 2.75) is 71.8 Å². The lowest BCUT2D eigenvalue weighted by atomic mass is 9.53. The Balaban J connectivity index is 1.66. The average molecular weight is 329 g/mol. The Morgan fingerprint density at radius 2 is 1.83 bits per heavy atom. The van der Waals surface area contributed by atoms with Crippen LogP contribution in [0.15, 0.2) is 18.2 Å². The van der Waals surface area contributed by atoms with E-state index in [2.05, 4.69) is 32.0 Å². The summed E-state index contributed by atoms with van der Waals surface area (Å²) in [6.45, 7) is 11.8. The van der Waals surface area contributed by atoms with Gasteiger partial charge in [-0.05, 0) is 82.8 Å². The maximum Gasteiger partial charge on any atom is 0.410 e. The predicted molar refractivity (Wildman–Crippen MR) is 97.4 cm³/mol. The molecule has 1 unspecified atom stereocenters.